The van der Waals surface area contributed by atoms with Crippen molar-refractivity contribution in [3.63, 3.8) is 0 Å². The fourth-order valence-corrected chi connectivity index (χ4v) is 4.34. The van der Waals surface area contributed by atoms with Crippen molar-refractivity contribution in [2.45, 2.75) is 12.0 Å². The molecule has 8 heteroatoms. The Bertz CT molecular complexity index is 949. The van der Waals surface area contributed by atoms with Crippen molar-refractivity contribution >= 4 is 5.97 Å². The molecule has 1 N–H and O–H groups in total. The topological polar surface area (TPSA) is 77.5 Å². The van der Waals surface area contributed by atoms with Crippen molar-refractivity contribution < 1.29 is 33.2 Å². The molecular formula is C21H22FNO6. The van der Waals surface area contributed by atoms with E-state index in [-0.39, 0.29) is 18.5 Å². The van der Waals surface area contributed by atoms with Crippen LogP contribution in [0.4, 0.5) is 4.39 Å². The number of likely N-dealkylation sites (tertiary alicyclic amines) is 1. The molecule has 0 aliphatic carbocycles. The van der Waals surface area contributed by atoms with Gasteiger partial charge in [-0.1, -0.05) is 6.07 Å². The first-order valence-electron chi connectivity index (χ1n) is 9.18. The number of ether oxygens (including phenoxy) is 4. The highest BCUT2D eigenvalue weighted by atomic mass is 19.1. The molecule has 1 fully saturated rings. The van der Waals surface area contributed by atoms with Gasteiger partial charge in [-0.15, -0.1) is 0 Å². The SMILES string of the molecule is COc1ccc(C2C(C(=O)O)C(c3cc(OC)c4c(c3)OCO4)CN2C)cc1F. The van der Waals surface area contributed by atoms with Crippen LogP contribution in [0.2, 0.25) is 0 Å². The van der Waals surface area contributed by atoms with Crippen LogP contribution in [0, 0.1) is 11.7 Å². The summed E-state index contributed by atoms with van der Waals surface area (Å²) in [6.07, 6.45) is 0. The second-order valence-electron chi connectivity index (χ2n) is 7.21. The van der Waals surface area contributed by atoms with Gasteiger partial charge in [0.2, 0.25) is 12.5 Å². The minimum absolute atomic E-state index is 0.0931. The molecule has 0 saturated carbocycles. The predicted molar refractivity (Wildman–Crippen MR) is 101 cm³/mol. The van der Waals surface area contributed by atoms with Gasteiger partial charge in [-0.05, 0) is 42.4 Å². The Morgan fingerprint density at radius 1 is 1.14 bits per heavy atom. The summed E-state index contributed by atoms with van der Waals surface area (Å²) < 4.78 is 35.6. The summed E-state index contributed by atoms with van der Waals surface area (Å²) >= 11 is 0. The molecule has 0 spiro atoms. The molecule has 7 nitrogen and oxygen atoms in total. The normalized spacial score (nSPS) is 23.2. The number of benzene rings is 2. The molecule has 154 valence electrons. The Kier molecular flexibility index (Phi) is 4.96. The van der Waals surface area contributed by atoms with Crippen LogP contribution in [0.5, 0.6) is 23.0 Å². The molecule has 2 aliphatic rings. The maximum atomic E-state index is 14.3. The number of aliphatic carboxylic acids is 1. The number of rotatable bonds is 5. The smallest absolute Gasteiger partial charge is 0.309 e. The van der Waals surface area contributed by atoms with Crippen molar-refractivity contribution in [2.75, 3.05) is 34.6 Å². The summed E-state index contributed by atoms with van der Waals surface area (Å²) in [5.74, 6) is -0.908. The van der Waals surface area contributed by atoms with E-state index >= 15 is 0 Å². The van der Waals surface area contributed by atoms with E-state index in [0.29, 0.717) is 29.4 Å². The van der Waals surface area contributed by atoms with Crippen LogP contribution < -0.4 is 18.9 Å². The minimum atomic E-state index is -0.947. The minimum Gasteiger partial charge on any atom is -0.494 e. The molecule has 0 amide bonds. The Hall–Kier alpha value is -3.00. The number of carbonyl (C=O) groups is 1. The first-order chi connectivity index (χ1) is 13.9. The van der Waals surface area contributed by atoms with Crippen LogP contribution in [0.25, 0.3) is 0 Å². The van der Waals surface area contributed by atoms with Gasteiger partial charge in [-0.2, -0.15) is 0 Å². The van der Waals surface area contributed by atoms with E-state index in [0.717, 1.165) is 5.56 Å². The molecule has 0 aromatic heterocycles. The van der Waals surface area contributed by atoms with Crippen molar-refractivity contribution in [3.05, 3.63) is 47.3 Å². The maximum absolute atomic E-state index is 14.3. The lowest BCUT2D eigenvalue weighted by molar-refractivity contribution is -0.143. The Morgan fingerprint density at radius 2 is 1.90 bits per heavy atom. The molecule has 3 atom stereocenters. The Labute approximate surface area is 167 Å². The summed E-state index contributed by atoms with van der Waals surface area (Å²) in [6, 6.07) is 7.68. The van der Waals surface area contributed by atoms with Gasteiger partial charge in [0.1, 0.15) is 0 Å². The molecule has 1 saturated heterocycles. The lowest BCUT2D eigenvalue weighted by atomic mass is 9.82. The molecule has 0 radical (unpaired) electrons. The monoisotopic (exact) mass is 403 g/mol. The third-order valence-electron chi connectivity index (χ3n) is 5.64. The number of nitrogens with zero attached hydrogens (tertiary/aromatic N) is 1. The van der Waals surface area contributed by atoms with Crippen LogP contribution in [0.1, 0.15) is 23.1 Å². The van der Waals surface area contributed by atoms with Crippen LogP contribution in [0.3, 0.4) is 0 Å². The number of likely N-dealkylation sites (N-methyl/N-ethyl adjacent to an activating group) is 1. The van der Waals surface area contributed by atoms with Crippen LogP contribution in [-0.4, -0.2) is 50.6 Å². The van der Waals surface area contributed by atoms with Crippen LogP contribution >= 0.6 is 0 Å². The molecule has 2 aliphatic heterocycles. The van der Waals surface area contributed by atoms with Crippen LogP contribution in [-0.2, 0) is 4.79 Å². The molecule has 2 aromatic carbocycles. The van der Waals surface area contributed by atoms with Gasteiger partial charge in [0.05, 0.1) is 20.1 Å². The fraction of sp³-hybridized carbons (Fsp3) is 0.381. The molecule has 2 heterocycles. The van der Waals surface area contributed by atoms with Crippen molar-refractivity contribution in [1.82, 2.24) is 4.90 Å². The third-order valence-corrected chi connectivity index (χ3v) is 5.64. The Morgan fingerprint density at radius 3 is 2.55 bits per heavy atom. The molecule has 4 rings (SSSR count). The quantitative estimate of drug-likeness (QED) is 0.822. The van der Waals surface area contributed by atoms with Gasteiger partial charge >= 0.3 is 5.97 Å². The number of methoxy groups -OCH3 is 2. The standard InChI is InChI=1S/C21H22FNO6/c1-23-9-13(12-7-16(27-3)20-17(8-12)28-10-29-20)18(21(24)25)19(23)11-4-5-15(26-2)14(22)6-11/h4-8,13,18-19H,9-10H2,1-3H3,(H,24,25). The van der Waals surface area contributed by atoms with E-state index in [4.69, 9.17) is 18.9 Å². The highest BCUT2D eigenvalue weighted by Crippen LogP contribution is 2.49. The van der Waals surface area contributed by atoms with Crippen molar-refractivity contribution in [2.24, 2.45) is 5.92 Å². The molecule has 0 bridgehead atoms. The predicted octanol–water partition coefficient (Wildman–Crippen LogP) is 3.04. The summed E-state index contributed by atoms with van der Waals surface area (Å²) in [5, 5.41) is 10.1. The second-order valence-corrected chi connectivity index (χ2v) is 7.21. The first-order valence-corrected chi connectivity index (χ1v) is 9.18. The molecule has 29 heavy (non-hydrogen) atoms. The molecule has 3 unspecified atom stereocenters. The van der Waals surface area contributed by atoms with Crippen molar-refractivity contribution in [3.8, 4) is 23.0 Å². The third kappa shape index (κ3) is 3.23. The zero-order valence-corrected chi connectivity index (χ0v) is 16.3. The average molecular weight is 403 g/mol. The number of hydrogen-bond acceptors (Lipinski definition) is 6. The van der Waals surface area contributed by atoms with Gasteiger partial charge in [0.25, 0.3) is 0 Å². The number of hydrogen-bond donors (Lipinski definition) is 1. The number of halogens is 1. The van der Waals surface area contributed by atoms with E-state index in [1.54, 1.807) is 18.2 Å². The number of carboxylic acid groups (broad SMARTS) is 1. The zero-order chi connectivity index (χ0) is 20.7. The lowest BCUT2D eigenvalue weighted by Gasteiger charge is -2.24. The van der Waals surface area contributed by atoms with Gasteiger partial charge < -0.3 is 24.1 Å². The van der Waals surface area contributed by atoms with E-state index in [1.165, 1.54) is 26.4 Å². The number of carboxylic acids is 1. The van der Waals surface area contributed by atoms with E-state index in [1.807, 2.05) is 11.9 Å². The maximum Gasteiger partial charge on any atom is 0.309 e. The van der Waals surface area contributed by atoms with E-state index in [9.17, 15) is 14.3 Å². The highest BCUT2D eigenvalue weighted by molar-refractivity contribution is 5.74. The summed E-state index contributed by atoms with van der Waals surface area (Å²) in [6.45, 7) is 0.577. The largest absolute Gasteiger partial charge is 0.494 e. The molecule has 2 aromatic rings. The van der Waals surface area contributed by atoms with Gasteiger partial charge in [-0.25, -0.2) is 4.39 Å². The summed E-state index contributed by atoms with van der Waals surface area (Å²) in [7, 11) is 4.76. The van der Waals surface area contributed by atoms with Crippen molar-refractivity contribution in [1.29, 1.82) is 0 Å². The van der Waals surface area contributed by atoms with Gasteiger partial charge in [0.15, 0.2) is 23.1 Å². The zero-order valence-electron chi connectivity index (χ0n) is 16.3. The van der Waals surface area contributed by atoms with Crippen LogP contribution in [0.15, 0.2) is 30.3 Å². The fourth-order valence-electron chi connectivity index (χ4n) is 4.34. The Balaban J connectivity index is 1.75. The summed E-state index contributed by atoms with van der Waals surface area (Å²) in [5.41, 5.74) is 1.37. The van der Waals surface area contributed by atoms with Gasteiger partial charge in [0, 0.05) is 18.5 Å². The summed E-state index contributed by atoms with van der Waals surface area (Å²) in [4.78, 5) is 14.2. The molecular weight excluding hydrogens is 381 g/mol. The second kappa shape index (κ2) is 7.44. The van der Waals surface area contributed by atoms with E-state index < -0.39 is 23.7 Å². The number of fused-ring (bicyclic) bond motifs is 1. The van der Waals surface area contributed by atoms with Gasteiger partial charge in [-0.3, -0.25) is 9.69 Å². The average Bonchev–Trinajstić information content (AvgIpc) is 3.31. The lowest BCUT2D eigenvalue weighted by Crippen LogP contribution is -2.26. The highest BCUT2D eigenvalue weighted by Gasteiger charge is 2.46. The van der Waals surface area contributed by atoms with E-state index in [2.05, 4.69) is 0 Å². The first kappa shape index (κ1) is 19.3.